The number of hydrogen-bond acceptors (Lipinski definition) is 6. The molecule has 0 saturated carbocycles. The first-order chi connectivity index (χ1) is 9.25. The van der Waals surface area contributed by atoms with E-state index >= 15 is 0 Å². The van der Waals surface area contributed by atoms with E-state index in [1.165, 1.54) is 0 Å². The third-order valence-electron chi connectivity index (χ3n) is 3.60. The molecule has 0 spiro atoms. The molecule has 3 heterocycles. The molecule has 1 fully saturated rings. The predicted octanol–water partition coefficient (Wildman–Crippen LogP) is 2.07. The van der Waals surface area contributed by atoms with E-state index in [9.17, 15) is 0 Å². The Morgan fingerprint density at radius 2 is 2.16 bits per heavy atom. The van der Waals surface area contributed by atoms with Crippen molar-refractivity contribution in [2.24, 2.45) is 0 Å². The molecule has 1 N–H and O–H groups in total. The Kier molecular flexibility index (Phi) is 3.63. The maximum Gasteiger partial charge on any atom is 0.142 e. The Morgan fingerprint density at radius 1 is 1.37 bits per heavy atom. The summed E-state index contributed by atoms with van der Waals surface area (Å²) in [5.74, 6) is 0.852. The summed E-state index contributed by atoms with van der Waals surface area (Å²) in [6.07, 6.45) is 3.69. The van der Waals surface area contributed by atoms with Crippen molar-refractivity contribution in [3.63, 3.8) is 0 Å². The molecule has 2 aromatic heterocycles. The molecule has 2 aromatic rings. The molecular formula is C13H18N4OS. The van der Waals surface area contributed by atoms with Gasteiger partial charge >= 0.3 is 0 Å². The van der Waals surface area contributed by atoms with E-state index in [4.69, 9.17) is 4.52 Å². The minimum absolute atomic E-state index is 0.376. The van der Waals surface area contributed by atoms with E-state index in [-0.39, 0.29) is 0 Å². The highest BCUT2D eigenvalue weighted by molar-refractivity contribution is 7.15. The molecule has 5 nitrogen and oxygen atoms in total. The predicted molar refractivity (Wildman–Crippen MR) is 75.2 cm³/mol. The van der Waals surface area contributed by atoms with Crippen LogP contribution in [0.3, 0.4) is 0 Å². The zero-order chi connectivity index (χ0) is 13.2. The van der Waals surface area contributed by atoms with Gasteiger partial charge in [0.05, 0.1) is 22.7 Å². The maximum absolute atomic E-state index is 5.12. The highest BCUT2D eigenvalue weighted by Gasteiger charge is 2.21. The molecule has 102 valence electrons. The Labute approximate surface area is 116 Å². The van der Waals surface area contributed by atoms with Gasteiger partial charge in [-0.15, -0.1) is 11.3 Å². The van der Waals surface area contributed by atoms with Gasteiger partial charge in [0.2, 0.25) is 0 Å². The highest BCUT2D eigenvalue weighted by Crippen LogP contribution is 2.32. The SMILES string of the molecule is Cc1oncc1-c1cnc(C(C)N2CCNCC2)s1. The number of nitrogens with one attached hydrogen (secondary N) is 1. The summed E-state index contributed by atoms with van der Waals surface area (Å²) < 4.78 is 5.12. The molecule has 0 radical (unpaired) electrons. The highest BCUT2D eigenvalue weighted by atomic mass is 32.1. The average Bonchev–Trinajstić information content (AvgIpc) is 3.07. The molecule has 1 unspecified atom stereocenters. The third-order valence-corrected chi connectivity index (χ3v) is 4.80. The molecule has 6 heteroatoms. The van der Waals surface area contributed by atoms with Gasteiger partial charge in [-0.25, -0.2) is 4.98 Å². The van der Waals surface area contributed by atoms with E-state index in [0.29, 0.717) is 6.04 Å². The van der Waals surface area contributed by atoms with E-state index in [1.54, 1.807) is 17.5 Å². The van der Waals surface area contributed by atoms with Gasteiger partial charge in [0.25, 0.3) is 0 Å². The number of hydrogen-bond donors (Lipinski definition) is 1. The van der Waals surface area contributed by atoms with Crippen LogP contribution in [0, 0.1) is 6.92 Å². The molecule has 0 aliphatic carbocycles. The first-order valence-electron chi connectivity index (χ1n) is 6.58. The van der Waals surface area contributed by atoms with E-state index in [0.717, 1.165) is 47.4 Å². The number of rotatable bonds is 3. The molecule has 1 atom stereocenters. The first kappa shape index (κ1) is 12.8. The maximum atomic E-state index is 5.12. The largest absolute Gasteiger partial charge is 0.361 e. The summed E-state index contributed by atoms with van der Waals surface area (Å²) in [5, 5.41) is 8.37. The van der Waals surface area contributed by atoms with Crippen LogP contribution in [0.2, 0.25) is 0 Å². The molecule has 1 saturated heterocycles. The summed E-state index contributed by atoms with van der Waals surface area (Å²) >= 11 is 1.73. The van der Waals surface area contributed by atoms with Gasteiger partial charge in [-0.05, 0) is 13.8 Å². The fourth-order valence-corrected chi connectivity index (χ4v) is 3.43. The van der Waals surface area contributed by atoms with Crippen LogP contribution in [-0.2, 0) is 0 Å². The van der Waals surface area contributed by atoms with Crippen LogP contribution in [0.25, 0.3) is 10.4 Å². The van der Waals surface area contributed by atoms with Gasteiger partial charge < -0.3 is 9.84 Å². The molecule has 0 bridgehead atoms. The van der Waals surface area contributed by atoms with Crippen LogP contribution in [0.15, 0.2) is 16.9 Å². The minimum atomic E-state index is 0.376. The van der Waals surface area contributed by atoms with Crippen LogP contribution in [0.5, 0.6) is 0 Å². The lowest BCUT2D eigenvalue weighted by Crippen LogP contribution is -2.44. The minimum Gasteiger partial charge on any atom is -0.361 e. The van der Waals surface area contributed by atoms with Crippen LogP contribution < -0.4 is 5.32 Å². The number of aromatic nitrogens is 2. The van der Waals surface area contributed by atoms with Gasteiger partial charge in [0.15, 0.2) is 0 Å². The Bertz CT molecular complexity index is 544. The second-order valence-electron chi connectivity index (χ2n) is 4.82. The summed E-state index contributed by atoms with van der Waals surface area (Å²) in [5.41, 5.74) is 1.05. The smallest absolute Gasteiger partial charge is 0.142 e. The molecule has 19 heavy (non-hydrogen) atoms. The van der Waals surface area contributed by atoms with Crippen molar-refractivity contribution in [1.82, 2.24) is 20.4 Å². The first-order valence-corrected chi connectivity index (χ1v) is 7.39. The fraction of sp³-hybridized carbons (Fsp3) is 0.538. The van der Waals surface area contributed by atoms with Gasteiger partial charge in [-0.2, -0.15) is 0 Å². The Hall–Kier alpha value is -1.24. The topological polar surface area (TPSA) is 54.2 Å². The van der Waals surface area contributed by atoms with E-state index in [1.807, 2.05) is 13.1 Å². The van der Waals surface area contributed by atoms with Crippen molar-refractivity contribution in [3.8, 4) is 10.4 Å². The van der Waals surface area contributed by atoms with E-state index in [2.05, 4.69) is 27.3 Å². The van der Waals surface area contributed by atoms with Crippen molar-refractivity contribution in [1.29, 1.82) is 0 Å². The zero-order valence-corrected chi connectivity index (χ0v) is 12.0. The van der Waals surface area contributed by atoms with Crippen LogP contribution in [-0.4, -0.2) is 41.2 Å². The van der Waals surface area contributed by atoms with Gasteiger partial charge in [-0.3, -0.25) is 4.90 Å². The Morgan fingerprint density at radius 3 is 2.84 bits per heavy atom. The van der Waals surface area contributed by atoms with Gasteiger partial charge in [0, 0.05) is 32.4 Å². The monoisotopic (exact) mass is 278 g/mol. The number of thiazole rings is 1. The third kappa shape index (κ3) is 2.56. The second-order valence-corrected chi connectivity index (χ2v) is 5.88. The van der Waals surface area contributed by atoms with Crippen LogP contribution in [0.1, 0.15) is 23.7 Å². The molecule has 0 amide bonds. The average molecular weight is 278 g/mol. The van der Waals surface area contributed by atoms with Crippen molar-refractivity contribution in [3.05, 3.63) is 23.2 Å². The second kappa shape index (κ2) is 5.40. The lowest BCUT2D eigenvalue weighted by atomic mass is 10.2. The number of nitrogens with zero attached hydrogens (tertiary/aromatic N) is 3. The van der Waals surface area contributed by atoms with Gasteiger partial charge in [-0.1, -0.05) is 5.16 Å². The van der Waals surface area contributed by atoms with Crippen LogP contribution in [0.4, 0.5) is 0 Å². The Balaban J connectivity index is 1.79. The molecule has 3 rings (SSSR count). The fourth-order valence-electron chi connectivity index (χ4n) is 2.37. The van der Waals surface area contributed by atoms with Crippen molar-refractivity contribution in [2.75, 3.05) is 26.2 Å². The van der Waals surface area contributed by atoms with Crippen molar-refractivity contribution < 1.29 is 4.52 Å². The van der Waals surface area contributed by atoms with Crippen molar-refractivity contribution >= 4 is 11.3 Å². The molecule has 1 aliphatic rings. The molecule has 1 aliphatic heterocycles. The summed E-state index contributed by atoms with van der Waals surface area (Å²) in [4.78, 5) is 8.18. The summed E-state index contributed by atoms with van der Waals surface area (Å²) in [6, 6.07) is 0.376. The lowest BCUT2D eigenvalue weighted by Gasteiger charge is -2.31. The molecule has 0 aromatic carbocycles. The standard InChI is InChI=1S/C13H18N4OS/c1-9(17-5-3-14-4-6-17)13-15-8-12(19-13)11-7-16-18-10(11)2/h7-9,14H,3-6H2,1-2H3. The summed E-state index contributed by atoms with van der Waals surface area (Å²) in [6.45, 7) is 8.46. The quantitative estimate of drug-likeness (QED) is 0.931. The zero-order valence-electron chi connectivity index (χ0n) is 11.2. The number of piperazine rings is 1. The van der Waals surface area contributed by atoms with Crippen LogP contribution >= 0.6 is 11.3 Å². The van der Waals surface area contributed by atoms with E-state index < -0.39 is 0 Å². The van der Waals surface area contributed by atoms with Crippen molar-refractivity contribution in [2.45, 2.75) is 19.9 Å². The normalized spacial score (nSPS) is 18.6. The van der Waals surface area contributed by atoms with Gasteiger partial charge in [0.1, 0.15) is 10.8 Å². The summed E-state index contributed by atoms with van der Waals surface area (Å²) in [7, 11) is 0. The lowest BCUT2D eigenvalue weighted by molar-refractivity contribution is 0.185. The molecular weight excluding hydrogens is 260 g/mol. The number of aryl methyl sites for hydroxylation is 1.